The molecule has 1 aliphatic heterocycles. The van der Waals surface area contributed by atoms with E-state index in [2.05, 4.69) is 29.7 Å². The third-order valence-electron chi connectivity index (χ3n) is 2.08. The Balaban J connectivity index is 2.48. The number of fused-ring (bicyclic) bond motifs is 1. The van der Waals surface area contributed by atoms with Gasteiger partial charge in [0.2, 0.25) is 0 Å². The number of nitrogens with one attached hydrogen (secondary N) is 2. The van der Waals surface area contributed by atoms with Crippen LogP contribution in [0.4, 0.5) is 5.69 Å². The molecule has 3 heteroatoms. The Bertz CT molecular complexity index is 333. The van der Waals surface area contributed by atoms with E-state index in [0.29, 0.717) is 5.11 Å². The quantitative estimate of drug-likeness (QED) is 0.592. The molecule has 0 saturated heterocycles. The van der Waals surface area contributed by atoms with Crippen molar-refractivity contribution in [1.29, 1.82) is 0 Å². The van der Waals surface area contributed by atoms with Crippen molar-refractivity contribution < 1.29 is 0 Å². The van der Waals surface area contributed by atoms with Crippen LogP contribution >= 0.6 is 12.2 Å². The molecule has 1 aromatic carbocycles. The van der Waals surface area contributed by atoms with Crippen molar-refractivity contribution in [2.75, 3.05) is 5.32 Å². The van der Waals surface area contributed by atoms with E-state index in [1.165, 1.54) is 11.1 Å². The van der Waals surface area contributed by atoms with Crippen LogP contribution in [0.1, 0.15) is 11.1 Å². The SMILES string of the molecule is Cc1cccc2c1CNC(=S)N2. The van der Waals surface area contributed by atoms with Gasteiger partial charge >= 0.3 is 0 Å². The lowest BCUT2D eigenvalue weighted by Gasteiger charge is -2.21. The van der Waals surface area contributed by atoms with Gasteiger partial charge in [-0.05, 0) is 36.3 Å². The number of hydrogen-bond donors (Lipinski definition) is 2. The monoisotopic (exact) mass is 178 g/mol. The Morgan fingerprint density at radius 2 is 2.25 bits per heavy atom. The number of anilines is 1. The average Bonchev–Trinajstić information content (AvgIpc) is 2.04. The van der Waals surface area contributed by atoms with Crippen molar-refractivity contribution in [3.05, 3.63) is 29.3 Å². The van der Waals surface area contributed by atoms with Gasteiger partial charge in [0.1, 0.15) is 0 Å². The van der Waals surface area contributed by atoms with Gasteiger partial charge in [0.15, 0.2) is 5.11 Å². The number of rotatable bonds is 0. The summed E-state index contributed by atoms with van der Waals surface area (Å²) in [7, 11) is 0. The van der Waals surface area contributed by atoms with E-state index in [0.717, 1.165) is 12.2 Å². The van der Waals surface area contributed by atoms with Crippen LogP contribution in [0.5, 0.6) is 0 Å². The molecule has 0 fully saturated rings. The second kappa shape index (κ2) is 2.75. The zero-order valence-corrected chi connectivity index (χ0v) is 7.66. The average molecular weight is 178 g/mol. The van der Waals surface area contributed by atoms with E-state index >= 15 is 0 Å². The highest BCUT2D eigenvalue weighted by Crippen LogP contribution is 2.21. The van der Waals surface area contributed by atoms with E-state index in [9.17, 15) is 0 Å². The predicted molar refractivity (Wildman–Crippen MR) is 54.2 cm³/mol. The maximum Gasteiger partial charge on any atom is 0.171 e. The van der Waals surface area contributed by atoms with Crippen LogP contribution in [0.3, 0.4) is 0 Å². The summed E-state index contributed by atoms with van der Waals surface area (Å²) in [6.07, 6.45) is 0. The van der Waals surface area contributed by atoms with Gasteiger partial charge in [-0.25, -0.2) is 0 Å². The van der Waals surface area contributed by atoms with E-state index < -0.39 is 0 Å². The Kier molecular flexibility index (Phi) is 1.73. The van der Waals surface area contributed by atoms with Crippen LogP contribution in [0, 0.1) is 6.92 Å². The van der Waals surface area contributed by atoms with Crippen molar-refractivity contribution in [3.63, 3.8) is 0 Å². The number of aryl methyl sites for hydroxylation is 1. The minimum absolute atomic E-state index is 0.716. The minimum Gasteiger partial charge on any atom is -0.358 e. The van der Waals surface area contributed by atoms with Gasteiger partial charge in [0.25, 0.3) is 0 Å². The summed E-state index contributed by atoms with van der Waals surface area (Å²) in [4.78, 5) is 0. The molecule has 12 heavy (non-hydrogen) atoms. The molecule has 1 aliphatic rings. The molecule has 0 bridgehead atoms. The van der Waals surface area contributed by atoms with Crippen LogP contribution in [-0.2, 0) is 6.54 Å². The van der Waals surface area contributed by atoms with E-state index in [4.69, 9.17) is 12.2 Å². The van der Waals surface area contributed by atoms with Gasteiger partial charge in [-0.2, -0.15) is 0 Å². The maximum absolute atomic E-state index is 5.00. The first kappa shape index (κ1) is 7.55. The number of hydrogen-bond acceptors (Lipinski definition) is 1. The summed E-state index contributed by atoms with van der Waals surface area (Å²) in [5, 5.41) is 6.94. The molecule has 0 amide bonds. The Hall–Kier alpha value is -1.09. The van der Waals surface area contributed by atoms with E-state index in [-0.39, 0.29) is 0 Å². The third kappa shape index (κ3) is 1.16. The molecule has 0 atom stereocenters. The molecule has 0 spiro atoms. The van der Waals surface area contributed by atoms with Crippen LogP contribution in [0.25, 0.3) is 0 Å². The van der Waals surface area contributed by atoms with Crippen LogP contribution in [0.15, 0.2) is 18.2 Å². The van der Waals surface area contributed by atoms with Gasteiger partial charge in [-0.3, -0.25) is 0 Å². The van der Waals surface area contributed by atoms with E-state index in [1.54, 1.807) is 0 Å². The minimum atomic E-state index is 0.716. The molecule has 0 aliphatic carbocycles. The molecular weight excluding hydrogens is 168 g/mol. The van der Waals surface area contributed by atoms with Crippen LogP contribution in [-0.4, -0.2) is 5.11 Å². The molecule has 2 nitrogen and oxygen atoms in total. The summed E-state index contributed by atoms with van der Waals surface area (Å²) in [6.45, 7) is 2.95. The highest BCUT2D eigenvalue weighted by atomic mass is 32.1. The van der Waals surface area contributed by atoms with Crippen molar-refractivity contribution in [3.8, 4) is 0 Å². The van der Waals surface area contributed by atoms with Gasteiger partial charge in [-0.15, -0.1) is 0 Å². The van der Waals surface area contributed by atoms with E-state index in [1.807, 2.05) is 6.07 Å². The number of thiocarbonyl (C=S) groups is 1. The second-order valence-corrected chi connectivity index (χ2v) is 3.32. The Morgan fingerprint density at radius 3 is 3.08 bits per heavy atom. The molecule has 1 heterocycles. The summed E-state index contributed by atoms with van der Waals surface area (Å²) in [5.41, 5.74) is 3.75. The molecule has 0 saturated carbocycles. The Morgan fingerprint density at radius 1 is 1.42 bits per heavy atom. The molecular formula is C9H10N2S. The molecule has 62 valence electrons. The first-order valence-electron chi connectivity index (χ1n) is 3.91. The number of benzene rings is 1. The molecule has 0 unspecified atom stereocenters. The zero-order valence-electron chi connectivity index (χ0n) is 6.85. The van der Waals surface area contributed by atoms with Crippen LogP contribution in [0.2, 0.25) is 0 Å². The zero-order chi connectivity index (χ0) is 8.55. The summed E-state index contributed by atoms with van der Waals surface area (Å²) < 4.78 is 0. The molecule has 0 radical (unpaired) electrons. The summed E-state index contributed by atoms with van der Waals surface area (Å²) in [6, 6.07) is 6.20. The molecule has 2 rings (SSSR count). The molecule has 1 aromatic rings. The highest BCUT2D eigenvalue weighted by Gasteiger charge is 2.11. The summed E-state index contributed by atoms with van der Waals surface area (Å²) in [5.74, 6) is 0. The molecule has 0 aromatic heterocycles. The lowest BCUT2D eigenvalue weighted by Crippen LogP contribution is -2.33. The largest absolute Gasteiger partial charge is 0.358 e. The van der Waals surface area contributed by atoms with Crippen molar-refractivity contribution in [2.24, 2.45) is 0 Å². The first-order chi connectivity index (χ1) is 5.77. The maximum atomic E-state index is 5.00. The lowest BCUT2D eigenvalue weighted by molar-refractivity contribution is 0.899. The van der Waals surface area contributed by atoms with Gasteiger partial charge in [-0.1, -0.05) is 12.1 Å². The van der Waals surface area contributed by atoms with Gasteiger partial charge < -0.3 is 10.6 Å². The Labute approximate surface area is 77.0 Å². The van der Waals surface area contributed by atoms with Crippen LogP contribution < -0.4 is 10.6 Å². The van der Waals surface area contributed by atoms with Crippen molar-refractivity contribution in [1.82, 2.24) is 5.32 Å². The fourth-order valence-electron chi connectivity index (χ4n) is 1.39. The molecule has 2 N–H and O–H groups in total. The van der Waals surface area contributed by atoms with Crippen molar-refractivity contribution in [2.45, 2.75) is 13.5 Å². The standard InChI is InChI=1S/C9H10N2S/c1-6-3-2-4-8-7(6)5-10-9(12)11-8/h2-4H,5H2,1H3,(H2,10,11,12). The highest BCUT2D eigenvalue weighted by molar-refractivity contribution is 7.80. The fourth-order valence-corrected chi connectivity index (χ4v) is 1.57. The third-order valence-corrected chi connectivity index (χ3v) is 2.33. The summed E-state index contributed by atoms with van der Waals surface area (Å²) >= 11 is 5.00. The smallest absolute Gasteiger partial charge is 0.171 e. The fraction of sp³-hybridized carbons (Fsp3) is 0.222. The second-order valence-electron chi connectivity index (χ2n) is 2.91. The topological polar surface area (TPSA) is 24.1 Å². The lowest BCUT2D eigenvalue weighted by atomic mass is 10.1. The predicted octanol–water partition coefficient (Wildman–Crippen LogP) is 1.80. The first-order valence-corrected chi connectivity index (χ1v) is 4.31. The van der Waals surface area contributed by atoms with Gasteiger partial charge in [0, 0.05) is 12.2 Å². The van der Waals surface area contributed by atoms with Gasteiger partial charge in [0.05, 0.1) is 0 Å². The normalized spacial score (nSPS) is 14.6. The van der Waals surface area contributed by atoms with Crippen molar-refractivity contribution >= 4 is 23.0 Å².